The molecule has 0 rings (SSSR count). The van der Waals surface area contributed by atoms with Crippen LogP contribution in [0.4, 0.5) is 0 Å². The zero-order valence-electron chi connectivity index (χ0n) is 17.6. The number of hydrogen-bond donors (Lipinski definition) is 0. The summed E-state index contributed by atoms with van der Waals surface area (Å²) in [6, 6.07) is 2.50. The van der Waals surface area contributed by atoms with Gasteiger partial charge in [-0.25, -0.2) is 0 Å². The lowest BCUT2D eigenvalue weighted by atomic mass is 10.5. The van der Waals surface area contributed by atoms with Crippen LogP contribution in [-0.2, 0) is 18.6 Å². The molecular weight excluding hydrogens is 348 g/mol. The minimum atomic E-state index is -1.35. The molecule has 0 aromatic carbocycles. The normalized spacial score (nSPS) is 11.6. The van der Waals surface area contributed by atoms with Gasteiger partial charge < -0.3 is 18.6 Å². The standard InChI is InChI=1S/C19H42O4Si2/c1-7-13-20-19(21-14-8-2,22-15-9-3)25(23-16-10-4)24(17-11-5)18-12-6/h7-18H2,1-6H3. The van der Waals surface area contributed by atoms with Gasteiger partial charge in [0, 0.05) is 7.89 Å². The van der Waals surface area contributed by atoms with Crippen LogP contribution in [0.15, 0.2) is 0 Å². The van der Waals surface area contributed by atoms with Gasteiger partial charge in [-0.3, -0.25) is 0 Å². The fourth-order valence-corrected chi connectivity index (χ4v) is 12.2. The van der Waals surface area contributed by atoms with Crippen LogP contribution in [0.1, 0.15) is 80.1 Å². The molecule has 0 aliphatic heterocycles. The summed E-state index contributed by atoms with van der Waals surface area (Å²) in [5.74, 6) is 0. The van der Waals surface area contributed by atoms with Gasteiger partial charge in [0.25, 0.3) is 0 Å². The van der Waals surface area contributed by atoms with Crippen molar-refractivity contribution in [2.45, 2.75) is 97.8 Å². The Morgan fingerprint density at radius 1 is 0.560 bits per heavy atom. The van der Waals surface area contributed by atoms with Crippen molar-refractivity contribution < 1.29 is 18.6 Å². The van der Waals surface area contributed by atoms with Gasteiger partial charge in [0.05, 0.1) is 26.4 Å². The molecule has 25 heavy (non-hydrogen) atoms. The lowest BCUT2D eigenvalue weighted by Crippen LogP contribution is -2.54. The van der Waals surface area contributed by atoms with Crippen LogP contribution in [-0.4, -0.2) is 48.0 Å². The highest BCUT2D eigenvalue weighted by Crippen LogP contribution is 2.22. The highest BCUT2D eigenvalue weighted by Gasteiger charge is 2.43. The Morgan fingerprint density at radius 3 is 1.28 bits per heavy atom. The van der Waals surface area contributed by atoms with E-state index in [1.165, 1.54) is 24.9 Å². The van der Waals surface area contributed by atoms with E-state index in [0.29, 0.717) is 19.8 Å². The summed E-state index contributed by atoms with van der Waals surface area (Å²) in [4.78, 5) is 0. The highest BCUT2D eigenvalue weighted by atomic mass is 28.9. The molecule has 0 aliphatic carbocycles. The average molecular weight is 391 g/mol. The monoisotopic (exact) mass is 390 g/mol. The zero-order valence-corrected chi connectivity index (χ0v) is 19.6. The van der Waals surface area contributed by atoms with Crippen molar-refractivity contribution in [3.05, 3.63) is 0 Å². The average Bonchev–Trinajstić information content (AvgIpc) is 2.62. The van der Waals surface area contributed by atoms with E-state index in [1.54, 1.807) is 0 Å². The molecule has 4 nitrogen and oxygen atoms in total. The van der Waals surface area contributed by atoms with Crippen molar-refractivity contribution in [2.24, 2.45) is 0 Å². The largest absolute Gasteiger partial charge is 0.548 e. The van der Waals surface area contributed by atoms with Crippen molar-refractivity contribution in [1.29, 1.82) is 0 Å². The maximum atomic E-state index is 6.49. The summed E-state index contributed by atoms with van der Waals surface area (Å²) in [5, 5.41) is 0. The second-order valence-electron chi connectivity index (χ2n) is 6.38. The molecule has 0 bridgehead atoms. The van der Waals surface area contributed by atoms with Crippen LogP contribution in [0.3, 0.4) is 0 Å². The fraction of sp³-hybridized carbons (Fsp3) is 1.00. The Hall–Kier alpha value is 0.114. The molecule has 0 N–H and O–H groups in total. The predicted molar refractivity (Wildman–Crippen MR) is 109 cm³/mol. The van der Waals surface area contributed by atoms with E-state index in [4.69, 9.17) is 18.6 Å². The Morgan fingerprint density at radius 2 is 0.960 bits per heavy atom. The van der Waals surface area contributed by atoms with Gasteiger partial charge >= 0.3 is 13.7 Å². The first-order valence-corrected chi connectivity index (χ1v) is 14.7. The summed E-state index contributed by atoms with van der Waals surface area (Å²) in [6.07, 6.45) is 6.29. The minimum absolute atomic E-state index is 0.657. The van der Waals surface area contributed by atoms with Crippen molar-refractivity contribution in [2.75, 3.05) is 26.4 Å². The van der Waals surface area contributed by atoms with E-state index in [0.717, 1.165) is 32.3 Å². The highest BCUT2D eigenvalue weighted by molar-refractivity contribution is 6.94. The van der Waals surface area contributed by atoms with Gasteiger partial charge in [0.1, 0.15) is 0 Å². The number of hydrogen-bond acceptors (Lipinski definition) is 4. The maximum absolute atomic E-state index is 6.49. The quantitative estimate of drug-likeness (QED) is 0.250. The van der Waals surface area contributed by atoms with E-state index in [2.05, 4.69) is 41.5 Å². The summed E-state index contributed by atoms with van der Waals surface area (Å²) >= 11 is 0. The third-order valence-electron chi connectivity index (χ3n) is 3.64. The molecule has 0 radical (unpaired) electrons. The first-order chi connectivity index (χ1) is 12.2. The van der Waals surface area contributed by atoms with Gasteiger partial charge in [0.2, 0.25) is 0 Å². The molecular formula is C19H42O4Si2. The van der Waals surface area contributed by atoms with E-state index < -0.39 is 21.6 Å². The molecule has 0 atom stereocenters. The van der Waals surface area contributed by atoms with Gasteiger partial charge in [-0.1, -0.05) is 54.4 Å². The van der Waals surface area contributed by atoms with Crippen molar-refractivity contribution in [3.63, 3.8) is 0 Å². The Labute approximate surface area is 159 Å². The second kappa shape index (κ2) is 16.3. The van der Waals surface area contributed by atoms with Gasteiger partial charge in [0.15, 0.2) is 0 Å². The van der Waals surface area contributed by atoms with Crippen LogP contribution >= 0.6 is 0 Å². The molecule has 150 valence electrons. The molecule has 0 fully saturated rings. The summed E-state index contributed by atoms with van der Waals surface area (Å²) in [7, 11) is -2.05. The van der Waals surface area contributed by atoms with E-state index >= 15 is 0 Å². The zero-order chi connectivity index (χ0) is 19.0. The SMILES string of the molecule is CCCO[Si](=[Si](CCC)CCC)C(OCCC)(OCCC)OCCC. The smallest absolute Gasteiger partial charge is 0.313 e. The molecule has 0 heterocycles. The summed E-state index contributed by atoms with van der Waals surface area (Å²) < 4.78 is 25.4. The van der Waals surface area contributed by atoms with E-state index in [9.17, 15) is 0 Å². The summed E-state index contributed by atoms with van der Waals surface area (Å²) in [5.41, 5.74) is -0.930. The molecule has 0 amide bonds. The van der Waals surface area contributed by atoms with Gasteiger partial charge in [-0.05, 0) is 37.8 Å². The van der Waals surface area contributed by atoms with Gasteiger partial charge in [-0.15, -0.1) is 0 Å². The molecule has 0 aliphatic rings. The predicted octanol–water partition coefficient (Wildman–Crippen LogP) is 5.27. The lowest BCUT2D eigenvalue weighted by molar-refractivity contribution is -0.333. The Balaban J connectivity index is 5.96. The first kappa shape index (κ1) is 25.1. The van der Waals surface area contributed by atoms with Crippen molar-refractivity contribution >= 4 is 16.0 Å². The Bertz CT molecular complexity index is 319. The van der Waals surface area contributed by atoms with Crippen molar-refractivity contribution in [1.82, 2.24) is 0 Å². The molecule has 0 aromatic heterocycles. The molecule has 0 spiro atoms. The molecule has 0 saturated heterocycles. The van der Waals surface area contributed by atoms with Crippen molar-refractivity contribution in [3.8, 4) is 0 Å². The molecule has 6 heteroatoms. The first-order valence-electron chi connectivity index (χ1n) is 10.4. The van der Waals surface area contributed by atoms with Crippen LogP contribution < -0.4 is 0 Å². The van der Waals surface area contributed by atoms with E-state index in [-0.39, 0.29) is 0 Å². The number of rotatable bonds is 17. The van der Waals surface area contributed by atoms with Crippen LogP contribution in [0.25, 0.3) is 0 Å². The second-order valence-corrected chi connectivity index (χ2v) is 13.6. The lowest BCUT2D eigenvalue weighted by Gasteiger charge is -2.36. The minimum Gasteiger partial charge on any atom is -0.548 e. The Kier molecular flexibility index (Phi) is 16.4. The van der Waals surface area contributed by atoms with Crippen LogP contribution in [0.2, 0.25) is 12.1 Å². The molecule has 0 saturated carbocycles. The topological polar surface area (TPSA) is 36.9 Å². The third-order valence-corrected chi connectivity index (χ3v) is 12.8. The molecule has 0 unspecified atom stereocenters. The third kappa shape index (κ3) is 9.56. The van der Waals surface area contributed by atoms with Crippen LogP contribution in [0, 0.1) is 0 Å². The maximum Gasteiger partial charge on any atom is 0.313 e. The number of ether oxygens (including phenoxy) is 3. The molecule has 0 aromatic rings. The van der Waals surface area contributed by atoms with Crippen LogP contribution in [0.5, 0.6) is 0 Å². The van der Waals surface area contributed by atoms with Gasteiger partial charge in [-0.2, -0.15) is 0 Å². The van der Waals surface area contributed by atoms with E-state index in [1.807, 2.05) is 0 Å². The fourth-order valence-electron chi connectivity index (χ4n) is 2.60. The summed E-state index contributed by atoms with van der Waals surface area (Å²) in [6.45, 7) is 15.9.